The Morgan fingerprint density at radius 2 is 2.12 bits per heavy atom. The Morgan fingerprint density at radius 3 is 2.80 bits per heavy atom. The number of aromatic nitrogens is 3. The third-order valence-electron chi connectivity index (χ3n) is 4.00. The van der Waals surface area contributed by atoms with E-state index >= 15 is 0 Å². The molecule has 8 heteroatoms. The molecule has 1 N–H and O–H groups in total. The first-order valence-corrected chi connectivity index (χ1v) is 10.9. The van der Waals surface area contributed by atoms with E-state index in [1.54, 1.807) is 22.7 Å². The molecule has 1 atom stereocenters. The lowest BCUT2D eigenvalue weighted by Gasteiger charge is -2.12. The monoisotopic (exact) mass is 390 g/mol. The minimum Gasteiger partial charge on any atom is -0.348 e. The molecule has 1 aliphatic carbocycles. The summed E-state index contributed by atoms with van der Waals surface area (Å²) in [5, 5.41) is 16.7. The van der Waals surface area contributed by atoms with E-state index in [4.69, 9.17) is 0 Å². The van der Waals surface area contributed by atoms with Crippen LogP contribution < -0.4 is 5.32 Å². The smallest absolute Gasteiger partial charge is 0.230 e. The Labute approximate surface area is 158 Å². The summed E-state index contributed by atoms with van der Waals surface area (Å²) < 4.78 is 2.20. The van der Waals surface area contributed by atoms with Gasteiger partial charge in [0.1, 0.15) is 0 Å². The standard InChI is InChI=1S/C17H18N4OS3/c1-11(13-4-2-8-23-13)18-15(22)10-25-17-20-19-16(14-5-3-9-24-14)21(17)12-6-7-12/h2-5,8-9,11-12H,6-7,10H2,1H3,(H,18,22). The van der Waals surface area contributed by atoms with Gasteiger partial charge >= 0.3 is 0 Å². The molecule has 4 rings (SSSR count). The molecular formula is C17H18N4OS3. The number of nitrogens with zero attached hydrogens (tertiary/aromatic N) is 3. The molecule has 1 amide bonds. The molecule has 130 valence electrons. The van der Waals surface area contributed by atoms with Crippen molar-refractivity contribution in [3.8, 4) is 10.7 Å². The fraction of sp³-hybridized carbons (Fsp3) is 0.353. The number of amides is 1. The average Bonchev–Trinajstić information content (AvgIpc) is 3.06. The molecule has 25 heavy (non-hydrogen) atoms. The first-order valence-electron chi connectivity index (χ1n) is 8.16. The molecule has 0 saturated heterocycles. The van der Waals surface area contributed by atoms with Crippen LogP contribution in [0, 0.1) is 0 Å². The fourth-order valence-corrected chi connectivity index (χ4v) is 4.89. The topological polar surface area (TPSA) is 59.8 Å². The van der Waals surface area contributed by atoms with E-state index in [0.29, 0.717) is 11.8 Å². The van der Waals surface area contributed by atoms with Gasteiger partial charge in [0.15, 0.2) is 11.0 Å². The predicted octanol–water partition coefficient (Wildman–Crippen LogP) is 4.37. The molecule has 0 aromatic carbocycles. The molecule has 5 nitrogen and oxygen atoms in total. The summed E-state index contributed by atoms with van der Waals surface area (Å²) in [6, 6.07) is 8.65. The highest BCUT2D eigenvalue weighted by atomic mass is 32.2. The molecule has 0 aliphatic heterocycles. The van der Waals surface area contributed by atoms with Crippen LogP contribution in [0.1, 0.15) is 36.7 Å². The van der Waals surface area contributed by atoms with Crippen molar-refractivity contribution in [1.82, 2.24) is 20.1 Å². The Hall–Kier alpha value is -1.64. The van der Waals surface area contributed by atoms with Crippen molar-refractivity contribution in [3.63, 3.8) is 0 Å². The van der Waals surface area contributed by atoms with Crippen molar-refractivity contribution in [2.45, 2.75) is 37.0 Å². The molecular weight excluding hydrogens is 372 g/mol. The molecule has 0 radical (unpaired) electrons. The number of carbonyl (C=O) groups is 1. The normalized spacial score (nSPS) is 15.2. The highest BCUT2D eigenvalue weighted by Gasteiger charge is 2.30. The summed E-state index contributed by atoms with van der Waals surface area (Å²) in [6.45, 7) is 2.01. The maximum Gasteiger partial charge on any atom is 0.230 e. The molecule has 1 fully saturated rings. The minimum absolute atomic E-state index is 0.0221. The number of hydrogen-bond acceptors (Lipinski definition) is 6. The number of carbonyl (C=O) groups excluding carboxylic acids is 1. The summed E-state index contributed by atoms with van der Waals surface area (Å²) in [6.07, 6.45) is 2.32. The third kappa shape index (κ3) is 3.80. The summed E-state index contributed by atoms with van der Waals surface area (Å²) in [4.78, 5) is 14.6. The third-order valence-corrected chi connectivity index (χ3v) is 6.86. The number of rotatable bonds is 7. The second-order valence-corrected chi connectivity index (χ2v) is 8.85. The van der Waals surface area contributed by atoms with Gasteiger partial charge in [0, 0.05) is 10.9 Å². The number of thiophene rings is 2. The molecule has 0 bridgehead atoms. The molecule has 1 saturated carbocycles. The Morgan fingerprint density at radius 1 is 1.32 bits per heavy atom. The van der Waals surface area contributed by atoms with Gasteiger partial charge in [-0.2, -0.15) is 0 Å². The van der Waals surface area contributed by atoms with Crippen LogP contribution in [-0.2, 0) is 4.79 Å². The summed E-state index contributed by atoms with van der Waals surface area (Å²) in [5.74, 6) is 1.30. The summed E-state index contributed by atoms with van der Waals surface area (Å²) >= 11 is 4.79. The zero-order valence-corrected chi connectivity index (χ0v) is 16.2. The van der Waals surface area contributed by atoms with Gasteiger partial charge in [-0.3, -0.25) is 9.36 Å². The molecule has 1 unspecified atom stereocenters. The lowest BCUT2D eigenvalue weighted by molar-refractivity contribution is -0.119. The van der Waals surface area contributed by atoms with Crippen LogP contribution >= 0.6 is 34.4 Å². The van der Waals surface area contributed by atoms with Gasteiger partial charge in [0.25, 0.3) is 0 Å². The van der Waals surface area contributed by atoms with Gasteiger partial charge in [-0.1, -0.05) is 23.9 Å². The second kappa shape index (κ2) is 7.31. The Balaban J connectivity index is 1.42. The van der Waals surface area contributed by atoms with Crippen LogP contribution in [0.3, 0.4) is 0 Å². The number of hydrogen-bond donors (Lipinski definition) is 1. The molecule has 1 aliphatic rings. The zero-order chi connectivity index (χ0) is 17.2. The summed E-state index contributed by atoms with van der Waals surface area (Å²) in [7, 11) is 0. The number of thioether (sulfide) groups is 1. The average molecular weight is 391 g/mol. The van der Waals surface area contributed by atoms with Crippen LogP contribution in [0.5, 0.6) is 0 Å². The first kappa shape index (κ1) is 16.8. The fourth-order valence-electron chi connectivity index (χ4n) is 2.63. The van der Waals surface area contributed by atoms with Gasteiger partial charge in [-0.25, -0.2) is 0 Å². The number of nitrogens with one attached hydrogen (secondary N) is 1. The van der Waals surface area contributed by atoms with Crippen LogP contribution in [0.15, 0.2) is 40.2 Å². The van der Waals surface area contributed by atoms with E-state index in [1.807, 2.05) is 35.9 Å². The van der Waals surface area contributed by atoms with E-state index < -0.39 is 0 Å². The van der Waals surface area contributed by atoms with E-state index in [2.05, 4.69) is 26.1 Å². The van der Waals surface area contributed by atoms with E-state index in [0.717, 1.165) is 28.7 Å². The SMILES string of the molecule is CC(NC(=O)CSc1nnc(-c2cccs2)n1C1CC1)c1cccs1. The maximum absolute atomic E-state index is 12.3. The Bertz CT molecular complexity index is 838. The Kier molecular flexibility index (Phi) is 4.91. The van der Waals surface area contributed by atoms with Gasteiger partial charge < -0.3 is 5.32 Å². The van der Waals surface area contributed by atoms with Crippen molar-refractivity contribution in [2.75, 3.05) is 5.75 Å². The van der Waals surface area contributed by atoms with Crippen molar-refractivity contribution < 1.29 is 4.79 Å². The molecule has 3 aromatic heterocycles. The second-order valence-electron chi connectivity index (χ2n) is 5.98. The van der Waals surface area contributed by atoms with Gasteiger partial charge in [-0.05, 0) is 42.7 Å². The maximum atomic E-state index is 12.3. The zero-order valence-electron chi connectivity index (χ0n) is 13.7. The van der Waals surface area contributed by atoms with Crippen LogP contribution in [0.25, 0.3) is 10.7 Å². The largest absolute Gasteiger partial charge is 0.348 e. The lowest BCUT2D eigenvalue weighted by Crippen LogP contribution is -2.27. The lowest BCUT2D eigenvalue weighted by atomic mass is 10.3. The molecule has 3 heterocycles. The van der Waals surface area contributed by atoms with Gasteiger partial charge in [0.05, 0.1) is 16.7 Å². The van der Waals surface area contributed by atoms with E-state index in [-0.39, 0.29) is 11.9 Å². The van der Waals surface area contributed by atoms with Crippen molar-refractivity contribution >= 4 is 40.3 Å². The van der Waals surface area contributed by atoms with Crippen LogP contribution in [0.4, 0.5) is 0 Å². The summed E-state index contributed by atoms with van der Waals surface area (Å²) in [5.41, 5.74) is 0. The van der Waals surface area contributed by atoms with Crippen molar-refractivity contribution in [1.29, 1.82) is 0 Å². The van der Waals surface area contributed by atoms with Gasteiger partial charge in [-0.15, -0.1) is 32.9 Å². The molecule has 0 spiro atoms. The van der Waals surface area contributed by atoms with Crippen LogP contribution in [0.2, 0.25) is 0 Å². The van der Waals surface area contributed by atoms with E-state index in [9.17, 15) is 4.79 Å². The first-order chi connectivity index (χ1) is 12.2. The van der Waals surface area contributed by atoms with Crippen molar-refractivity contribution in [2.24, 2.45) is 0 Å². The van der Waals surface area contributed by atoms with Crippen LogP contribution in [-0.4, -0.2) is 26.4 Å². The quantitative estimate of drug-likeness (QED) is 0.609. The molecule has 3 aromatic rings. The highest BCUT2D eigenvalue weighted by Crippen LogP contribution is 2.41. The van der Waals surface area contributed by atoms with Gasteiger partial charge in [0.2, 0.25) is 5.91 Å². The van der Waals surface area contributed by atoms with E-state index in [1.165, 1.54) is 16.6 Å². The highest BCUT2D eigenvalue weighted by molar-refractivity contribution is 7.99. The van der Waals surface area contributed by atoms with Crippen molar-refractivity contribution in [3.05, 3.63) is 39.9 Å². The minimum atomic E-state index is 0.0221. The predicted molar refractivity (Wildman–Crippen MR) is 103 cm³/mol.